The highest BCUT2D eigenvalue weighted by Crippen LogP contribution is 2.37. The van der Waals surface area contributed by atoms with Crippen molar-refractivity contribution in [1.82, 2.24) is 0 Å². The van der Waals surface area contributed by atoms with E-state index in [0.29, 0.717) is 12.1 Å². The van der Waals surface area contributed by atoms with Gasteiger partial charge < -0.3 is 20.0 Å². The molecule has 0 aliphatic carbocycles. The Kier molecular flexibility index (Phi) is 6.44. The fourth-order valence-electron chi connectivity index (χ4n) is 4.08. The monoisotopic (exact) mass is 461 g/mol. The second-order valence-corrected chi connectivity index (χ2v) is 9.39. The second kappa shape index (κ2) is 9.31. The SMILES string of the molecule is CC(C)(C)c1oc2ccc(-c3cccc(CN)c3)cc2c1COc1cc(F)ccc1CC(=O)O. The molecule has 0 bridgehead atoms. The van der Waals surface area contributed by atoms with Gasteiger partial charge in [0.05, 0.1) is 6.42 Å². The maximum atomic E-state index is 13.9. The Bertz CT molecular complexity index is 1350. The van der Waals surface area contributed by atoms with E-state index < -0.39 is 11.8 Å². The lowest BCUT2D eigenvalue weighted by Crippen LogP contribution is -2.14. The minimum absolute atomic E-state index is 0.113. The lowest BCUT2D eigenvalue weighted by molar-refractivity contribution is -0.136. The molecule has 34 heavy (non-hydrogen) atoms. The Balaban J connectivity index is 1.78. The van der Waals surface area contributed by atoms with Crippen LogP contribution < -0.4 is 10.5 Å². The Morgan fingerprint density at radius 3 is 2.53 bits per heavy atom. The van der Waals surface area contributed by atoms with Gasteiger partial charge in [0.25, 0.3) is 0 Å². The molecular weight excluding hydrogens is 433 g/mol. The second-order valence-electron chi connectivity index (χ2n) is 9.39. The Hall–Kier alpha value is -3.64. The standard InChI is InChI=1S/C28H28FNO4/c1-28(2,3)27-23(16-33-25-14-21(29)9-7-20(25)13-26(31)32)22-12-19(8-10-24(22)34-27)18-6-4-5-17(11-18)15-30/h4-12,14H,13,15-16,30H2,1-3H3,(H,31,32). The smallest absolute Gasteiger partial charge is 0.307 e. The van der Waals surface area contributed by atoms with Gasteiger partial charge in [0.1, 0.15) is 29.5 Å². The maximum absolute atomic E-state index is 13.9. The molecule has 1 heterocycles. The topological polar surface area (TPSA) is 85.7 Å². The van der Waals surface area contributed by atoms with Crippen LogP contribution in [-0.4, -0.2) is 11.1 Å². The zero-order valence-corrected chi connectivity index (χ0v) is 19.5. The van der Waals surface area contributed by atoms with Gasteiger partial charge in [-0.05, 0) is 41.0 Å². The zero-order valence-electron chi connectivity index (χ0n) is 19.5. The summed E-state index contributed by atoms with van der Waals surface area (Å²) in [5.41, 5.74) is 10.6. The third-order valence-corrected chi connectivity index (χ3v) is 5.71. The van der Waals surface area contributed by atoms with Gasteiger partial charge in [-0.15, -0.1) is 0 Å². The highest BCUT2D eigenvalue weighted by Gasteiger charge is 2.26. The molecule has 0 saturated carbocycles. The van der Waals surface area contributed by atoms with E-state index in [-0.39, 0.29) is 24.2 Å². The van der Waals surface area contributed by atoms with Gasteiger partial charge in [0.15, 0.2) is 0 Å². The van der Waals surface area contributed by atoms with E-state index in [1.165, 1.54) is 18.2 Å². The molecule has 0 aliphatic heterocycles. The van der Waals surface area contributed by atoms with Crippen molar-refractivity contribution in [2.75, 3.05) is 0 Å². The molecule has 3 N–H and O–H groups in total. The van der Waals surface area contributed by atoms with Crippen LogP contribution >= 0.6 is 0 Å². The largest absolute Gasteiger partial charge is 0.488 e. The van der Waals surface area contributed by atoms with Crippen LogP contribution in [0.2, 0.25) is 0 Å². The summed E-state index contributed by atoms with van der Waals surface area (Å²) in [5, 5.41) is 10.1. The van der Waals surface area contributed by atoms with Gasteiger partial charge in [0.2, 0.25) is 0 Å². The molecule has 0 unspecified atom stereocenters. The summed E-state index contributed by atoms with van der Waals surface area (Å²) in [6, 6.07) is 18.0. The normalized spacial score (nSPS) is 11.7. The number of rotatable bonds is 7. The number of halogens is 1. The van der Waals surface area contributed by atoms with Crippen molar-refractivity contribution in [2.45, 2.75) is 45.8 Å². The van der Waals surface area contributed by atoms with Crippen LogP contribution in [0.5, 0.6) is 5.75 Å². The fourth-order valence-corrected chi connectivity index (χ4v) is 4.08. The summed E-state index contributed by atoms with van der Waals surface area (Å²) in [6.45, 7) is 6.73. The molecule has 1 aromatic heterocycles. The van der Waals surface area contributed by atoms with Crippen LogP contribution in [0.15, 0.2) is 65.1 Å². The number of carbonyl (C=O) groups is 1. The predicted octanol–water partition coefficient (Wildman–Crippen LogP) is 6.20. The summed E-state index contributed by atoms with van der Waals surface area (Å²) in [4.78, 5) is 11.2. The molecule has 4 rings (SSSR count). The third-order valence-electron chi connectivity index (χ3n) is 5.71. The van der Waals surface area contributed by atoms with Gasteiger partial charge in [-0.3, -0.25) is 4.79 Å². The lowest BCUT2D eigenvalue weighted by atomic mass is 9.89. The van der Waals surface area contributed by atoms with Crippen molar-refractivity contribution < 1.29 is 23.4 Å². The molecule has 5 nitrogen and oxygen atoms in total. The van der Waals surface area contributed by atoms with Gasteiger partial charge in [-0.25, -0.2) is 4.39 Å². The maximum Gasteiger partial charge on any atom is 0.307 e. The number of carboxylic acid groups (broad SMARTS) is 1. The first kappa shape index (κ1) is 23.5. The van der Waals surface area contributed by atoms with Crippen LogP contribution in [0.3, 0.4) is 0 Å². The van der Waals surface area contributed by atoms with Crippen LogP contribution in [0.1, 0.15) is 43.2 Å². The molecule has 0 aliphatic rings. The number of furan rings is 1. The zero-order chi connectivity index (χ0) is 24.5. The number of nitrogens with two attached hydrogens (primary N) is 1. The third kappa shape index (κ3) is 4.97. The minimum Gasteiger partial charge on any atom is -0.488 e. The molecule has 0 fully saturated rings. The Morgan fingerprint density at radius 2 is 1.82 bits per heavy atom. The molecule has 0 saturated heterocycles. The number of fused-ring (bicyclic) bond motifs is 1. The summed E-state index contributed by atoms with van der Waals surface area (Å²) in [6.07, 6.45) is -0.254. The van der Waals surface area contributed by atoms with Crippen molar-refractivity contribution in [3.05, 3.63) is 88.9 Å². The highest BCUT2D eigenvalue weighted by atomic mass is 19.1. The van der Waals surface area contributed by atoms with E-state index in [1.807, 2.05) is 30.3 Å². The number of aliphatic carboxylic acids is 1. The van der Waals surface area contributed by atoms with Gasteiger partial charge in [0, 0.05) is 34.5 Å². The molecule has 0 radical (unpaired) electrons. The number of benzene rings is 3. The number of carboxylic acids is 1. The summed E-state index contributed by atoms with van der Waals surface area (Å²) < 4.78 is 26.2. The van der Waals surface area contributed by atoms with Gasteiger partial charge >= 0.3 is 5.97 Å². The molecule has 0 amide bonds. The minimum atomic E-state index is -1.01. The first-order valence-electron chi connectivity index (χ1n) is 11.1. The molecule has 3 aromatic carbocycles. The van der Waals surface area contributed by atoms with Gasteiger partial charge in [-0.1, -0.05) is 51.1 Å². The average molecular weight is 462 g/mol. The van der Waals surface area contributed by atoms with Crippen LogP contribution in [0, 0.1) is 5.82 Å². The average Bonchev–Trinajstić information content (AvgIpc) is 3.17. The van der Waals surface area contributed by atoms with Crippen LogP contribution in [0.25, 0.3) is 22.1 Å². The van der Waals surface area contributed by atoms with Crippen LogP contribution in [0.4, 0.5) is 4.39 Å². The van der Waals surface area contributed by atoms with Gasteiger partial charge in [-0.2, -0.15) is 0 Å². The van der Waals surface area contributed by atoms with Crippen molar-refractivity contribution in [3.63, 3.8) is 0 Å². The quantitative estimate of drug-likeness (QED) is 0.342. The van der Waals surface area contributed by atoms with E-state index in [9.17, 15) is 14.3 Å². The lowest BCUT2D eigenvalue weighted by Gasteiger charge is -2.18. The van der Waals surface area contributed by atoms with E-state index in [2.05, 4.69) is 32.9 Å². The molecule has 4 aromatic rings. The fraction of sp³-hybridized carbons (Fsp3) is 0.250. The van der Waals surface area contributed by atoms with E-state index >= 15 is 0 Å². The molecular formula is C28H28FNO4. The van der Waals surface area contributed by atoms with Crippen molar-refractivity contribution in [2.24, 2.45) is 5.73 Å². The summed E-state index contributed by atoms with van der Waals surface area (Å²) in [5.74, 6) is -0.515. The molecule has 0 spiro atoms. The van der Waals surface area contributed by atoms with Crippen molar-refractivity contribution in [3.8, 4) is 16.9 Å². The first-order chi connectivity index (χ1) is 16.2. The van der Waals surface area contributed by atoms with E-state index in [0.717, 1.165) is 39.0 Å². The molecule has 176 valence electrons. The Morgan fingerprint density at radius 1 is 1.06 bits per heavy atom. The Labute approximate surface area is 198 Å². The number of ether oxygens (including phenoxy) is 1. The van der Waals surface area contributed by atoms with Crippen LogP contribution in [-0.2, 0) is 29.8 Å². The summed E-state index contributed by atoms with van der Waals surface area (Å²) >= 11 is 0. The number of hydrogen-bond donors (Lipinski definition) is 2. The molecule has 6 heteroatoms. The van der Waals surface area contributed by atoms with Crippen molar-refractivity contribution in [1.29, 1.82) is 0 Å². The summed E-state index contributed by atoms with van der Waals surface area (Å²) in [7, 11) is 0. The molecule has 0 atom stereocenters. The van der Waals surface area contributed by atoms with Crippen molar-refractivity contribution >= 4 is 16.9 Å². The predicted molar refractivity (Wildman–Crippen MR) is 130 cm³/mol. The first-order valence-corrected chi connectivity index (χ1v) is 11.1. The van der Waals surface area contributed by atoms with E-state index in [1.54, 1.807) is 0 Å². The van der Waals surface area contributed by atoms with E-state index in [4.69, 9.17) is 14.9 Å². The number of hydrogen-bond acceptors (Lipinski definition) is 4. The highest BCUT2D eigenvalue weighted by molar-refractivity contribution is 5.87.